The van der Waals surface area contributed by atoms with Gasteiger partial charge in [0.1, 0.15) is 0 Å². The van der Waals surface area contributed by atoms with E-state index in [0.717, 1.165) is 0 Å². The molecule has 11 heavy (non-hydrogen) atoms. The normalized spacial score (nSPS) is 24.1. The topological polar surface area (TPSA) is 66.5 Å². The Hall–Kier alpha value is -0.970. The number of nitrogens with zero attached hydrogens (tertiary/aromatic N) is 3. The maximum absolute atomic E-state index is 8.42. The zero-order valence-electron chi connectivity index (χ0n) is 6.61. The van der Waals surface area contributed by atoms with Crippen LogP contribution >= 0.6 is 0 Å². The molecule has 0 atom stereocenters. The van der Waals surface area contributed by atoms with E-state index < -0.39 is 5.72 Å². The number of hydrogen-bond acceptors (Lipinski definition) is 4. The molecule has 0 spiro atoms. The Morgan fingerprint density at radius 3 is 2.82 bits per heavy atom. The van der Waals surface area contributed by atoms with Crippen molar-refractivity contribution in [2.75, 3.05) is 13.2 Å². The van der Waals surface area contributed by atoms with E-state index in [2.05, 4.69) is 15.2 Å². The molecular formula is C6H11N3O2. The Labute approximate surface area is 64.8 Å². The molecule has 0 aliphatic carbocycles. The van der Waals surface area contributed by atoms with Crippen LogP contribution in [0.2, 0.25) is 0 Å². The fourth-order valence-electron chi connectivity index (χ4n) is 0.637. The molecule has 1 heterocycles. The number of amidine groups is 1. The molecule has 1 aliphatic rings. The smallest absolute Gasteiger partial charge is 0.333 e. The molecule has 0 unspecified atom stereocenters. The summed E-state index contributed by atoms with van der Waals surface area (Å²) in [6, 6.07) is 0.254. The van der Waals surface area contributed by atoms with E-state index in [9.17, 15) is 0 Å². The van der Waals surface area contributed by atoms with Crippen LogP contribution < -0.4 is 0 Å². The third-order valence-corrected chi connectivity index (χ3v) is 1.06. The van der Waals surface area contributed by atoms with Gasteiger partial charge in [-0.1, -0.05) is 5.11 Å². The van der Waals surface area contributed by atoms with Crippen LogP contribution in [0.25, 0.3) is 0 Å². The van der Waals surface area contributed by atoms with Crippen LogP contribution in [0.1, 0.15) is 13.8 Å². The van der Waals surface area contributed by atoms with E-state index in [1.54, 1.807) is 13.8 Å². The number of aliphatic imine (C=N–C) groups is 1. The van der Waals surface area contributed by atoms with Crippen molar-refractivity contribution < 1.29 is 9.84 Å². The van der Waals surface area contributed by atoms with Gasteiger partial charge in [-0.05, 0) is 13.8 Å². The third kappa shape index (κ3) is 2.27. The molecule has 1 rings (SSSR count). The molecule has 0 aromatic rings. The van der Waals surface area contributed by atoms with Crippen molar-refractivity contribution in [3.05, 3.63) is 0 Å². The van der Waals surface area contributed by atoms with Crippen LogP contribution in [0.4, 0.5) is 0 Å². The summed E-state index contributed by atoms with van der Waals surface area (Å²) in [6.45, 7) is 3.89. The molecule has 0 aromatic heterocycles. The lowest BCUT2D eigenvalue weighted by Gasteiger charge is -2.10. The molecule has 0 saturated heterocycles. The summed E-state index contributed by atoms with van der Waals surface area (Å²) in [5, 5.41) is 15.9. The Balaban J connectivity index is 2.49. The predicted molar refractivity (Wildman–Crippen MR) is 39.4 cm³/mol. The lowest BCUT2D eigenvalue weighted by atomic mass is 10.3. The zero-order valence-corrected chi connectivity index (χ0v) is 6.61. The second-order valence-electron chi connectivity index (χ2n) is 2.64. The molecule has 0 saturated carbocycles. The van der Waals surface area contributed by atoms with E-state index in [4.69, 9.17) is 9.84 Å². The average molecular weight is 157 g/mol. The second-order valence-corrected chi connectivity index (χ2v) is 2.64. The molecular weight excluding hydrogens is 146 g/mol. The van der Waals surface area contributed by atoms with Crippen molar-refractivity contribution in [2.45, 2.75) is 19.6 Å². The first-order valence-corrected chi connectivity index (χ1v) is 3.41. The van der Waals surface area contributed by atoms with Crippen molar-refractivity contribution in [2.24, 2.45) is 15.2 Å². The highest BCUT2D eigenvalue weighted by molar-refractivity contribution is 5.75. The summed E-state index contributed by atoms with van der Waals surface area (Å²) in [5.41, 5.74) is -0.589. The van der Waals surface area contributed by atoms with Crippen LogP contribution in [0, 0.1) is 0 Å². The molecule has 5 nitrogen and oxygen atoms in total. The number of hydrogen-bond donors (Lipinski definition) is 1. The van der Waals surface area contributed by atoms with Gasteiger partial charge in [0.05, 0.1) is 13.2 Å². The van der Waals surface area contributed by atoms with E-state index >= 15 is 0 Å². The molecule has 1 aliphatic heterocycles. The lowest BCUT2D eigenvalue weighted by molar-refractivity contribution is 0.122. The average Bonchev–Trinajstić information content (AvgIpc) is 2.26. The minimum Gasteiger partial charge on any atom is -0.433 e. The van der Waals surface area contributed by atoms with Gasteiger partial charge in [0, 0.05) is 0 Å². The number of aliphatic hydroxyl groups excluding tert-OH is 1. The summed E-state index contributed by atoms with van der Waals surface area (Å²) in [6.07, 6.45) is 0. The van der Waals surface area contributed by atoms with Crippen LogP contribution in [-0.2, 0) is 4.74 Å². The molecule has 1 N–H and O–H groups in total. The fraction of sp³-hybridized carbons (Fsp3) is 0.833. The Morgan fingerprint density at radius 2 is 2.36 bits per heavy atom. The van der Waals surface area contributed by atoms with Crippen LogP contribution in [0.5, 0.6) is 0 Å². The van der Waals surface area contributed by atoms with Gasteiger partial charge in [-0.3, -0.25) is 0 Å². The van der Waals surface area contributed by atoms with Gasteiger partial charge < -0.3 is 9.84 Å². The van der Waals surface area contributed by atoms with Gasteiger partial charge in [-0.25, -0.2) is 4.99 Å². The quantitative estimate of drug-likeness (QED) is 0.636. The van der Waals surface area contributed by atoms with Gasteiger partial charge in [0.25, 0.3) is 0 Å². The van der Waals surface area contributed by atoms with Crippen LogP contribution in [0.15, 0.2) is 15.2 Å². The Morgan fingerprint density at radius 1 is 1.64 bits per heavy atom. The van der Waals surface area contributed by atoms with Crippen molar-refractivity contribution in [1.29, 1.82) is 0 Å². The maximum atomic E-state index is 8.42. The highest BCUT2D eigenvalue weighted by atomic mass is 16.5. The highest BCUT2D eigenvalue weighted by Crippen LogP contribution is 2.18. The first kappa shape index (κ1) is 8.13. The van der Waals surface area contributed by atoms with Gasteiger partial charge in [-0.2, -0.15) is 0 Å². The van der Waals surface area contributed by atoms with Gasteiger partial charge in [-0.15, -0.1) is 5.11 Å². The Bertz CT molecular complexity index is 198. The first-order chi connectivity index (χ1) is 5.14. The van der Waals surface area contributed by atoms with E-state index in [1.807, 2.05) is 0 Å². The monoisotopic (exact) mass is 157 g/mol. The predicted octanol–water partition coefficient (Wildman–Crippen LogP) is 0.553. The fourth-order valence-corrected chi connectivity index (χ4v) is 0.637. The van der Waals surface area contributed by atoms with Crippen LogP contribution in [0.3, 0.4) is 0 Å². The Kier molecular flexibility index (Phi) is 2.19. The van der Waals surface area contributed by atoms with E-state index in [0.29, 0.717) is 6.54 Å². The summed E-state index contributed by atoms with van der Waals surface area (Å²) in [4.78, 5) is 3.82. The van der Waals surface area contributed by atoms with Gasteiger partial charge >= 0.3 is 6.02 Å². The molecule has 5 heteroatoms. The van der Waals surface area contributed by atoms with E-state index in [-0.39, 0.29) is 12.6 Å². The summed E-state index contributed by atoms with van der Waals surface area (Å²) < 4.78 is 5.16. The van der Waals surface area contributed by atoms with Gasteiger partial charge in [0.15, 0.2) is 0 Å². The number of ether oxygens (including phenoxy) is 1. The van der Waals surface area contributed by atoms with Crippen molar-refractivity contribution in [3.63, 3.8) is 0 Å². The molecule has 62 valence electrons. The molecule has 0 radical (unpaired) electrons. The first-order valence-electron chi connectivity index (χ1n) is 3.41. The second kappa shape index (κ2) is 2.96. The minimum absolute atomic E-state index is 0.00279. The van der Waals surface area contributed by atoms with Gasteiger partial charge in [0.2, 0.25) is 5.72 Å². The lowest BCUT2D eigenvalue weighted by Crippen LogP contribution is -2.18. The maximum Gasteiger partial charge on any atom is 0.333 e. The largest absolute Gasteiger partial charge is 0.433 e. The number of aliphatic hydroxyl groups is 1. The standard InChI is InChI=1S/C6H11N3O2/c1-6(2)9-8-5(11-6)7-3-4-10/h10H,3-4H2,1-2H3. The van der Waals surface area contributed by atoms with E-state index in [1.165, 1.54) is 0 Å². The third-order valence-electron chi connectivity index (χ3n) is 1.06. The molecule has 0 aromatic carbocycles. The molecule has 0 amide bonds. The SMILES string of the molecule is CC1(C)N=NC(=NCCO)O1. The van der Waals surface area contributed by atoms with Crippen molar-refractivity contribution >= 4 is 6.02 Å². The van der Waals surface area contributed by atoms with Crippen LogP contribution in [-0.4, -0.2) is 30.0 Å². The summed E-state index contributed by atoms with van der Waals surface area (Å²) >= 11 is 0. The minimum atomic E-state index is -0.589. The molecule has 0 bridgehead atoms. The van der Waals surface area contributed by atoms with Crippen molar-refractivity contribution in [1.82, 2.24) is 0 Å². The molecule has 0 fully saturated rings. The van der Waals surface area contributed by atoms with Crippen molar-refractivity contribution in [3.8, 4) is 0 Å². The summed E-state index contributed by atoms with van der Waals surface area (Å²) in [5.74, 6) is 0. The number of rotatable bonds is 2. The number of azo groups is 1. The summed E-state index contributed by atoms with van der Waals surface area (Å²) in [7, 11) is 0. The zero-order chi connectivity index (χ0) is 8.32. The highest BCUT2D eigenvalue weighted by Gasteiger charge is 2.26.